The van der Waals surface area contributed by atoms with Gasteiger partial charge in [0, 0.05) is 4.90 Å². The molecule has 106 valence electrons. The molecule has 1 nitrogen and oxygen atoms in total. The molecule has 0 aliphatic carbocycles. The molecule has 21 heavy (non-hydrogen) atoms. The highest BCUT2D eigenvalue weighted by Crippen LogP contribution is 2.31. The summed E-state index contributed by atoms with van der Waals surface area (Å²) >= 11 is 1.75. The van der Waals surface area contributed by atoms with Gasteiger partial charge < -0.3 is 5.73 Å². The Morgan fingerprint density at radius 1 is 0.905 bits per heavy atom. The Hall–Kier alpha value is -1.77. The van der Waals surface area contributed by atoms with Gasteiger partial charge in [-0.05, 0) is 52.8 Å². The van der Waals surface area contributed by atoms with Gasteiger partial charge in [0.05, 0.1) is 6.04 Å². The van der Waals surface area contributed by atoms with Crippen LogP contribution in [-0.2, 0) is 0 Å². The first kappa shape index (κ1) is 14.2. The number of hydrogen-bond acceptors (Lipinski definition) is 2. The van der Waals surface area contributed by atoms with Gasteiger partial charge in [0.15, 0.2) is 0 Å². The van der Waals surface area contributed by atoms with Crippen molar-refractivity contribution < 1.29 is 0 Å². The fourth-order valence-electron chi connectivity index (χ4n) is 2.80. The van der Waals surface area contributed by atoms with Crippen molar-refractivity contribution >= 4 is 22.5 Å². The van der Waals surface area contributed by atoms with Crippen molar-refractivity contribution in [2.75, 3.05) is 6.26 Å². The second kappa shape index (κ2) is 5.92. The Kier molecular flexibility index (Phi) is 4.00. The topological polar surface area (TPSA) is 26.0 Å². The zero-order valence-corrected chi connectivity index (χ0v) is 13.2. The summed E-state index contributed by atoms with van der Waals surface area (Å²) in [7, 11) is 0. The summed E-state index contributed by atoms with van der Waals surface area (Å²) in [6.07, 6.45) is 2.09. The zero-order chi connectivity index (χ0) is 14.8. The lowest BCUT2D eigenvalue weighted by molar-refractivity contribution is 0.869. The molecule has 2 N–H and O–H groups in total. The van der Waals surface area contributed by atoms with E-state index in [0.29, 0.717) is 0 Å². The van der Waals surface area contributed by atoms with Crippen molar-refractivity contribution in [2.45, 2.75) is 17.9 Å². The second-order valence-electron chi connectivity index (χ2n) is 5.27. The van der Waals surface area contributed by atoms with Crippen molar-refractivity contribution in [2.24, 2.45) is 5.73 Å². The van der Waals surface area contributed by atoms with E-state index in [1.54, 1.807) is 11.8 Å². The molecule has 0 fully saturated rings. The Balaban J connectivity index is 2.12. The summed E-state index contributed by atoms with van der Waals surface area (Å²) in [5.74, 6) is 0. The number of benzene rings is 3. The first-order valence-corrected chi connectivity index (χ1v) is 8.31. The molecule has 0 spiro atoms. The third-order valence-corrected chi connectivity index (χ3v) is 4.72. The first-order chi connectivity index (χ1) is 10.2. The van der Waals surface area contributed by atoms with Crippen LogP contribution in [0.5, 0.6) is 0 Å². The van der Waals surface area contributed by atoms with Gasteiger partial charge >= 0.3 is 0 Å². The molecule has 0 radical (unpaired) electrons. The third-order valence-electron chi connectivity index (χ3n) is 3.97. The number of rotatable bonds is 3. The molecule has 0 saturated heterocycles. The van der Waals surface area contributed by atoms with Gasteiger partial charge in [0.2, 0.25) is 0 Å². The monoisotopic (exact) mass is 293 g/mol. The van der Waals surface area contributed by atoms with Crippen LogP contribution in [0.3, 0.4) is 0 Å². The summed E-state index contributed by atoms with van der Waals surface area (Å²) in [6, 6.07) is 21.2. The standard InChI is InChI=1S/C19H19NS/c1-13-7-8-14-5-3-4-6-17(14)18(13)19(20)15-9-11-16(21-2)12-10-15/h3-12,19H,20H2,1-2H3. The van der Waals surface area contributed by atoms with Crippen LogP contribution < -0.4 is 5.73 Å². The normalized spacial score (nSPS) is 12.5. The van der Waals surface area contributed by atoms with Crippen molar-refractivity contribution in [3.05, 3.63) is 77.4 Å². The Morgan fingerprint density at radius 3 is 2.33 bits per heavy atom. The second-order valence-corrected chi connectivity index (χ2v) is 6.15. The van der Waals surface area contributed by atoms with Crippen LogP contribution in [0.15, 0.2) is 65.6 Å². The highest BCUT2D eigenvalue weighted by Gasteiger charge is 2.14. The van der Waals surface area contributed by atoms with E-state index in [-0.39, 0.29) is 6.04 Å². The van der Waals surface area contributed by atoms with Crippen molar-refractivity contribution in [3.8, 4) is 0 Å². The molecule has 0 saturated carbocycles. The van der Waals surface area contributed by atoms with Crippen LogP contribution in [0.4, 0.5) is 0 Å². The summed E-state index contributed by atoms with van der Waals surface area (Å²) in [5, 5.41) is 2.49. The van der Waals surface area contributed by atoms with Crippen molar-refractivity contribution in [1.82, 2.24) is 0 Å². The van der Waals surface area contributed by atoms with E-state index in [4.69, 9.17) is 5.73 Å². The quantitative estimate of drug-likeness (QED) is 0.694. The predicted octanol–water partition coefficient (Wildman–Crippen LogP) is 4.92. The summed E-state index contributed by atoms with van der Waals surface area (Å²) in [4.78, 5) is 1.26. The smallest absolute Gasteiger partial charge is 0.0560 e. The number of aryl methyl sites for hydroxylation is 1. The van der Waals surface area contributed by atoms with Gasteiger partial charge in [0.1, 0.15) is 0 Å². The zero-order valence-electron chi connectivity index (χ0n) is 12.3. The average Bonchev–Trinajstić information content (AvgIpc) is 2.54. The third kappa shape index (κ3) is 2.69. The molecule has 1 atom stereocenters. The van der Waals surface area contributed by atoms with E-state index in [0.717, 1.165) is 5.56 Å². The lowest BCUT2D eigenvalue weighted by Gasteiger charge is -2.18. The van der Waals surface area contributed by atoms with Crippen LogP contribution in [0, 0.1) is 6.92 Å². The van der Waals surface area contributed by atoms with E-state index in [9.17, 15) is 0 Å². The van der Waals surface area contributed by atoms with E-state index in [1.807, 2.05) is 0 Å². The fourth-order valence-corrected chi connectivity index (χ4v) is 3.20. The molecular weight excluding hydrogens is 274 g/mol. The highest BCUT2D eigenvalue weighted by molar-refractivity contribution is 7.98. The first-order valence-electron chi connectivity index (χ1n) is 7.08. The number of hydrogen-bond donors (Lipinski definition) is 1. The number of fused-ring (bicyclic) bond motifs is 1. The Labute approximate surface area is 130 Å². The predicted molar refractivity (Wildman–Crippen MR) is 92.9 cm³/mol. The minimum absolute atomic E-state index is 0.0907. The fraction of sp³-hybridized carbons (Fsp3) is 0.158. The summed E-state index contributed by atoms with van der Waals surface area (Å²) in [5.41, 5.74) is 10.2. The highest BCUT2D eigenvalue weighted by atomic mass is 32.2. The minimum atomic E-state index is -0.0907. The van der Waals surface area contributed by atoms with Crippen molar-refractivity contribution in [1.29, 1.82) is 0 Å². The summed E-state index contributed by atoms with van der Waals surface area (Å²) < 4.78 is 0. The molecule has 3 aromatic carbocycles. The lowest BCUT2D eigenvalue weighted by Crippen LogP contribution is -2.13. The van der Waals surface area contributed by atoms with Crippen LogP contribution in [-0.4, -0.2) is 6.26 Å². The van der Waals surface area contributed by atoms with E-state index in [2.05, 4.69) is 73.8 Å². The molecule has 1 unspecified atom stereocenters. The molecule has 2 heteroatoms. The van der Waals surface area contributed by atoms with Crippen LogP contribution >= 0.6 is 11.8 Å². The lowest BCUT2D eigenvalue weighted by atomic mass is 9.91. The van der Waals surface area contributed by atoms with Gasteiger partial charge in [-0.1, -0.05) is 48.5 Å². The van der Waals surface area contributed by atoms with E-state index >= 15 is 0 Å². The maximum absolute atomic E-state index is 6.57. The Morgan fingerprint density at radius 2 is 1.62 bits per heavy atom. The minimum Gasteiger partial charge on any atom is -0.320 e. The molecular formula is C19H19NS. The molecule has 3 aromatic rings. The van der Waals surface area contributed by atoms with Gasteiger partial charge in [-0.15, -0.1) is 11.8 Å². The van der Waals surface area contributed by atoms with Crippen LogP contribution in [0.1, 0.15) is 22.7 Å². The SMILES string of the molecule is CSc1ccc(C(N)c2c(C)ccc3ccccc23)cc1. The Bertz CT molecular complexity index is 762. The maximum Gasteiger partial charge on any atom is 0.0560 e. The molecule has 0 aliphatic heterocycles. The largest absolute Gasteiger partial charge is 0.320 e. The van der Waals surface area contributed by atoms with Gasteiger partial charge in [-0.25, -0.2) is 0 Å². The molecule has 0 bridgehead atoms. The maximum atomic E-state index is 6.57. The van der Waals surface area contributed by atoms with E-state index < -0.39 is 0 Å². The average molecular weight is 293 g/mol. The molecule has 3 rings (SSSR count). The molecule has 0 aromatic heterocycles. The van der Waals surface area contributed by atoms with Crippen LogP contribution in [0.2, 0.25) is 0 Å². The molecule has 0 heterocycles. The number of thioether (sulfide) groups is 1. The molecule has 0 amide bonds. The van der Waals surface area contributed by atoms with Gasteiger partial charge in [-0.2, -0.15) is 0 Å². The van der Waals surface area contributed by atoms with Crippen molar-refractivity contribution in [3.63, 3.8) is 0 Å². The van der Waals surface area contributed by atoms with E-state index in [1.165, 1.54) is 26.8 Å². The number of nitrogens with two attached hydrogens (primary N) is 1. The van der Waals surface area contributed by atoms with Crippen LogP contribution in [0.25, 0.3) is 10.8 Å². The van der Waals surface area contributed by atoms with Gasteiger partial charge in [0.25, 0.3) is 0 Å². The summed E-state index contributed by atoms with van der Waals surface area (Å²) in [6.45, 7) is 2.14. The van der Waals surface area contributed by atoms with Gasteiger partial charge in [-0.3, -0.25) is 0 Å². The molecule has 0 aliphatic rings.